The van der Waals surface area contributed by atoms with E-state index in [1.165, 1.54) is 0 Å². The third-order valence-corrected chi connectivity index (χ3v) is 0. The fraction of sp³-hybridized carbons (Fsp3) is 0.500. The Morgan fingerprint density at radius 1 is 0.600 bits per heavy atom. The second-order valence-corrected chi connectivity index (χ2v) is 0. The Balaban J connectivity index is -0.000000000833. The normalized spacial score (nSPS) is 1.20. The molecule has 0 unspecified atom stereocenters. The van der Waals surface area contributed by atoms with Gasteiger partial charge in [0.05, 0.1) is 0 Å². The van der Waals surface area contributed by atoms with E-state index in [1.54, 1.807) is 13.8 Å². The molecule has 0 bridgehead atoms. The molecule has 3 nitrogen and oxygen atoms in total. The summed E-state index contributed by atoms with van der Waals surface area (Å²) in [6, 6.07) is 0. The number of hydrogen-bond donors (Lipinski definition) is 0. The largest absolute Gasteiger partial charge is 3.00 e. The molecule has 52 valence electrons. The molecule has 0 N–H and O–H groups in total. The van der Waals surface area contributed by atoms with E-state index in [0.717, 1.165) is 0 Å². The predicted octanol–water partition coefficient (Wildman–Crippen LogP) is 0.560. The summed E-state index contributed by atoms with van der Waals surface area (Å²) in [7, 11) is 0. The van der Waals surface area contributed by atoms with Crippen LogP contribution in [-0.4, -0.2) is 34.7 Å². The van der Waals surface area contributed by atoms with Gasteiger partial charge in [-0.3, -0.25) is 0 Å². The standard InChI is InChI=1S/2C2H5.2Al.3O.Zn/c2*1-2;;;;;;/h2*1H2,2H3;;;;;;/q2*-1;2*+3;3*-2;+2. The molecule has 0 aromatic heterocycles. The molecule has 0 radical (unpaired) electrons. The first-order valence-corrected chi connectivity index (χ1v) is 1.41. The minimum Gasteiger partial charge on any atom is -2.00 e. The third-order valence-electron chi connectivity index (χ3n) is 0. The van der Waals surface area contributed by atoms with Gasteiger partial charge in [-0.15, -0.1) is 0 Å². The van der Waals surface area contributed by atoms with Crippen molar-refractivity contribution in [3.63, 3.8) is 0 Å². The third kappa shape index (κ3) is 286. The van der Waals surface area contributed by atoms with Crippen LogP contribution in [0.15, 0.2) is 0 Å². The van der Waals surface area contributed by atoms with Gasteiger partial charge in [0, 0.05) is 0 Å². The van der Waals surface area contributed by atoms with Crippen LogP contribution >= 0.6 is 0 Å². The molecule has 0 aliphatic carbocycles. The molecule has 0 saturated heterocycles. The molecule has 0 aliphatic rings. The van der Waals surface area contributed by atoms with Crippen molar-refractivity contribution in [2.24, 2.45) is 0 Å². The SMILES string of the molecule is [Al+3].[Al+3].[CH2-]C.[CH2-]C.[O-2].[O-2].[O-2].[Zn+2]. The van der Waals surface area contributed by atoms with Crippen molar-refractivity contribution in [2.75, 3.05) is 0 Å². The average molecular weight is 225 g/mol. The van der Waals surface area contributed by atoms with Crippen LogP contribution < -0.4 is 0 Å². The number of hydrogen-bond acceptors (Lipinski definition) is 0. The van der Waals surface area contributed by atoms with Gasteiger partial charge >= 0.3 is 54.2 Å². The monoisotopic (exact) mass is 224 g/mol. The summed E-state index contributed by atoms with van der Waals surface area (Å²) in [6.45, 7) is 10.0. The van der Waals surface area contributed by atoms with Crippen LogP contribution in [0.4, 0.5) is 0 Å². The zero-order valence-corrected chi connectivity index (χ0v) is 11.8. The van der Waals surface area contributed by atoms with Crippen LogP contribution in [0, 0.1) is 13.8 Å². The van der Waals surface area contributed by atoms with E-state index in [1.807, 2.05) is 0 Å². The summed E-state index contributed by atoms with van der Waals surface area (Å²) in [5.74, 6) is 0. The quantitative estimate of drug-likeness (QED) is 0.426. The average Bonchev–Trinajstić information content (AvgIpc) is 1.50. The van der Waals surface area contributed by atoms with Crippen LogP contribution in [0.25, 0.3) is 0 Å². The molecule has 0 amide bonds. The second kappa shape index (κ2) is 393. The Morgan fingerprint density at radius 3 is 0.600 bits per heavy atom. The minimum atomic E-state index is 0. The van der Waals surface area contributed by atoms with E-state index in [4.69, 9.17) is 0 Å². The first-order valence-electron chi connectivity index (χ1n) is 1.41. The summed E-state index contributed by atoms with van der Waals surface area (Å²) < 4.78 is 0. The molecular weight excluding hydrogens is 215 g/mol. The topological polar surface area (TPSA) is 85.5 Å². The van der Waals surface area contributed by atoms with Crippen LogP contribution in [-0.2, 0) is 35.9 Å². The van der Waals surface area contributed by atoms with Crippen LogP contribution in [0.1, 0.15) is 13.8 Å². The van der Waals surface area contributed by atoms with Gasteiger partial charge in [0.2, 0.25) is 0 Å². The number of rotatable bonds is 0. The van der Waals surface area contributed by atoms with Gasteiger partial charge in [0.1, 0.15) is 0 Å². The Hall–Kier alpha value is 1.57. The molecule has 0 heterocycles. The molecular formula is C4H10Al2O3Zn. The molecule has 10 heavy (non-hydrogen) atoms. The van der Waals surface area contributed by atoms with Crippen molar-refractivity contribution in [1.82, 2.24) is 0 Å². The van der Waals surface area contributed by atoms with E-state index < -0.39 is 0 Å². The Bertz CT molecular complexity index is 18.5. The zero-order valence-electron chi connectivity index (χ0n) is 6.50. The molecule has 0 atom stereocenters. The van der Waals surface area contributed by atoms with E-state index in [2.05, 4.69) is 13.8 Å². The van der Waals surface area contributed by atoms with Crippen LogP contribution in [0.2, 0.25) is 0 Å². The summed E-state index contributed by atoms with van der Waals surface area (Å²) in [5.41, 5.74) is 0. The molecule has 0 aromatic rings. The Kier molecular flexibility index (Phi) is 3990. The van der Waals surface area contributed by atoms with E-state index >= 15 is 0 Å². The smallest absolute Gasteiger partial charge is 2.00 e. The predicted molar refractivity (Wildman–Crippen MR) is 35.6 cm³/mol. The van der Waals surface area contributed by atoms with Gasteiger partial charge in [0.15, 0.2) is 0 Å². The van der Waals surface area contributed by atoms with Gasteiger partial charge in [0.25, 0.3) is 0 Å². The summed E-state index contributed by atoms with van der Waals surface area (Å²) in [5, 5.41) is 0. The van der Waals surface area contributed by atoms with Gasteiger partial charge in [-0.05, 0) is 0 Å². The molecule has 0 saturated carbocycles. The van der Waals surface area contributed by atoms with E-state index in [9.17, 15) is 0 Å². The van der Waals surface area contributed by atoms with Crippen molar-refractivity contribution in [3.05, 3.63) is 13.8 Å². The maximum Gasteiger partial charge on any atom is 3.00 e. The van der Waals surface area contributed by atoms with Crippen molar-refractivity contribution in [2.45, 2.75) is 13.8 Å². The fourth-order valence-electron chi connectivity index (χ4n) is 0. The van der Waals surface area contributed by atoms with E-state index in [0.29, 0.717) is 0 Å². The minimum absolute atomic E-state index is 0. The van der Waals surface area contributed by atoms with Crippen LogP contribution in [0.5, 0.6) is 0 Å². The summed E-state index contributed by atoms with van der Waals surface area (Å²) in [6.07, 6.45) is 0. The van der Waals surface area contributed by atoms with Gasteiger partial charge < -0.3 is 30.3 Å². The molecule has 0 fully saturated rings. The molecule has 0 aromatic carbocycles. The summed E-state index contributed by atoms with van der Waals surface area (Å²) >= 11 is 0. The first-order chi connectivity index (χ1) is 2.00. The molecule has 6 heteroatoms. The van der Waals surface area contributed by atoms with Gasteiger partial charge in [-0.2, -0.15) is 13.8 Å². The second-order valence-electron chi connectivity index (χ2n) is 0. The van der Waals surface area contributed by atoms with Crippen molar-refractivity contribution >= 4 is 34.7 Å². The maximum absolute atomic E-state index is 3.25. The fourth-order valence-corrected chi connectivity index (χ4v) is 0. The Morgan fingerprint density at radius 2 is 0.600 bits per heavy atom. The van der Waals surface area contributed by atoms with Crippen LogP contribution in [0.3, 0.4) is 0 Å². The molecule has 0 spiro atoms. The summed E-state index contributed by atoms with van der Waals surface area (Å²) in [4.78, 5) is 0. The Labute approximate surface area is 97.9 Å². The van der Waals surface area contributed by atoms with Crippen molar-refractivity contribution in [3.8, 4) is 0 Å². The van der Waals surface area contributed by atoms with Gasteiger partial charge in [-0.25, -0.2) is 0 Å². The maximum atomic E-state index is 3.25. The van der Waals surface area contributed by atoms with Gasteiger partial charge in [-0.1, -0.05) is 0 Å². The van der Waals surface area contributed by atoms with E-state index in [-0.39, 0.29) is 70.6 Å². The molecule has 0 aliphatic heterocycles. The first kappa shape index (κ1) is 101. The van der Waals surface area contributed by atoms with Crippen molar-refractivity contribution < 1.29 is 35.9 Å². The van der Waals surface area contributed by atoms with Crippen molar-refractivity contribution in [1.29, 1.82) is 0 Å². The molecule has 0 rings (SSSR count). The zero-order chi connectivity index (χ0) is 4.00.